The summed E-state index contributed by atoms with van der Waals surface area (Å²) in [5.41, 5.74) is 3.74. The van der Waals surface area contributed by atoms with Crippen LogP contribution in [0.15, 0.2) is 30.6 Å². The van der Waals surface area contributed by atoms with Gasteiger partial charge in [-0.15, -0.1) is 0 Å². The van der Waals surface area contributed by atoms with Crippen molar-refractivity contribution in [1.29, 1.82) is 0 Å². The highest BCUT2D eigenvalue weighted by molar-refractivity contribution is 5.41. The number of nitrogens with one attached hydrogen (secondary N) is 1. The average Bonchev–Trinajstić information content (AvgIpc) is 3.24. The molecule has 0 aliphatic carbocycles. The summed E-state index contributed by atoms with van der Waals surface area (Å²) in [7, 11) is 1.95. The summed E-state index contributed by atoms with van der Waals surface area (Å²) in [6, 6.07) is 6.55. The molecule has 1 fully saturated rings. The standard InChI is InChI=1S/C20H27N3O2/c1-20(2)9-16-8-14(4-5-18(16)25-20)10-21-11-15-6-7-24-19(15)17-12-22-23(3)13-17/h4-5,8,12-13,15,19,21H,6-7,9-11H2,1-3H3/t15-,19+/m1/s1. The Hall–Kier alpha value is -1.85. The number of hydrogen-bond acceptors (Lipinski definition) is 4. The van der Waals surface area contributed by atoms with E-state index >= 15 is 0 Å². The first kappa shape index (κ1) is 16.6. The van der Waals surface area contributed by atoms with Crippen LogP contribution in [0.2, 0.25) is 0 Å². The Balaban J connectivity index is 1.34. The highest BCUT2D eigenvalue weighted by Crippen LogP contribution is 2.36. The minimum Gasteiger partial charge on any atom is -0.487 e. The Labute approximate surface area is 149 Å². The van der Waals surface area contributed by atoms with Crippen molar-refractivity contribution < 1.29 is 9.47 Å². The molecule has 134 valence electrons. The van der Waals surface area contributed by atoms with Gasteiger partial charge in [0, 0.05) is 50.8 Å². The number of rotatable bonds is 5. The largest absolute Gasteiger partial charge is 0.487 e. The van der Waals surface area contributed by atoms with E-state index in [0.717, 1.165) is 38.3 Å². The Kier molecular flexibility index (Phi) is 4.29. The highest BCUT2D eigenvalue weighted by Gasteiger charge is 2.31. The number of benzene rings is 1. The molecule has 1 aromatic heterocycles. The monoisotopic (exact) mass is 341 g/mol. The van der Waals surface area contributed by atoms with Crippen LogP contribution in [0.3, 0.4) is 0 Å². The second-order valence-corrected chi connectivity index (χ2v) is 7.90. The minimum atomic E-state index is -0.0769. The number of aryl methyl sites for hydroxylation is 1. The molecule has 1 saturated heterocycles. The molecule has 0 amide bonds. The Morgan fingerprint density at radius 2 is 2.24 bits per heavy atom. The first-order valence-electron chi connectivity index (χ1n) is 9.12. The summed E-state index contributed by atoms with van der Waals surface area (Å²) in [6.45, 7) is 6.95. The molecule has 2 aliphatic rings. The van der Waals surface area contributed by atoms with Crippen LogP contribution in [0, 0.1) is 5.92 Å². The smallest absolute Gasteiger partial charge is 0.123 e. The molecule has 0 bridgehead atoms. The van der Waals surface area contributed by atoms with Crippen molar-refractivity contribution in [3.05, 3.63) is 47.3 Å². The van der Waals surface area contributed by atoms with E-state index in [1.54, 1.807) is 0 Å². The summed E-state index contributed by atoms with van der Waals surface area (Å²) in [5.74, 6) is 1.54. The predicted molar refractivity (Wildman–Crippen MR) is 96.6 cm³/mol. The lowest BCUT2D eigenvalue weighted by Gasteiger charge is -2.18. The maximum atomic E-state index is 5.96. The van der Waals surface area contributed by atoms with Gasteiger partial charge in [-0.25, -0.2) is 0 Å². The zero-order chi connectivity index (χ0) is 17.4. The lowest BCUT2D eigenvalue weighted by atomic mass is 9.97. The molecule has 0 radical (unpaired) electrons. The molecule has 2 aliphatic heterocycles. The fourth-order valence-electron chi connectivity index (χ4n) is 3.97. The lowest BCUT2D eigenvalue weighted by Crippen LogP contribution is -2.24. The van der Waals surface area contributed by atoms with Crippen LogP contribution in [-0.4, -0.2) is 28.5 Å². The fourth-order valence-corrected chi connectivity index (χ4v) is 3.97. The van der Waals surface area contributed by atoms with Crippen LogP contribution in [-0.2, 0) is 24.8 Å². The van der Waals surface area contributed by atoms with Crippen molar-refractivity contribution in [2.24, 2.45) is 13.0 Å². The van der Waals surface area contributed by atoms with Gasteiger partial charge < -0.3 is 14.8 Å². The van der Waals surface area contributed by atoms with Crippen molar-refractivity contribution in [2.45, 2.75) is 44.9 Å². The molecule has 25 heavy (non-hydrogen) atoms. The zero-order valence-corrected chi connectivity index (χ0v) is 15.3. The lowest BCUT2D eigenvalue weighted by molar-refractivity contribution is 0.0904. The van der Waals surface area contributed by atoms with Crippen LogP contribution in [0.25, 0.3) is 0 Å². The van der Waals surface area contributed by atoms with Crippen molar-refractivity contribution in [1.82, 2.24) is 15.1 Å². The maximum absolute atomic E-state index is 5.96. The molecule has 0 unspecified atom stereocenters. The molecule has 0 saturated carbocycles. The minimum absolute atomic E-state index is 0.0769. The topological polar surface area (TPSA) is 48.3 Å². The van der Waals surface area contributed by atoms with Crippen LogP contribution in [0.1, 0.15) is 43.1 Å². The third-order valence-electron chi connectivity index (χ3n) is 5.13. The molecule has 5 heteroatoms. The number of fused-ring (bicyclic) bond motifs is 1. The van der Waals surface area contributed by atoms with Gasteiger partial charge in [0.1, 0.15) is 11.4 Å². The highest BCUT2D eigenvalue weighted by atomic mass is 16.5. The van der Waals surface area contributed by atoms with Crippen LogP contribution >= 0.6 is 0 Å². The van der Waals surface area contributed by atoms with Crippen LogP contribution < -0.4 is 10.1 Å². The summed E-state index contributed by atoms with van der Waals surface area (Å²) < 4.78 is 13.7. The zero-order valence-electron chi connectivity index (χ0n) is 15.3. The summed E-state index contributed by atoms with van der Waals surface area (Å²) in [4.78, 5) is 0. The number of aromatic nitrogens is 2. The second-order valence-electron chi connectivity index (χ2n) is 7.90. The normalized spacial score (nSPS) is 24.3. The molecule has 0 spiro atoms. The molecule has 1 N–H and O–H groups in total. The molecule has 4 rings (SSSR count). The van der Waals surface area contributed by atoms with Gasteiger partial charge in [-0.2, -0.15) is 5.10 Å². The van der Waals surface area contributed by atoms with Crippen molar-refractivity contribution in [3.8, 4) is 5.75 Å². The summed E-state index contributed by atoms with van der Waals surface area (Å²) >= 11 is 0. The molecular formula is C20H27N3O2. The van der Waals surface area contributed by atoms with Gasteiger partial charge in [-0.05, 0) is 37.5 Å². The van der Waals surface area contributed by atoms with E-state index in [9.17, 15) is 0 Å². The van der Waals surface area contributed by atoms with E-state index in [4.69, 9.17) is 9.47 Å². The van der Waals surface area contributed by atoms with E-state index in [0.29, 0.717) is 5.92 Å². The van der Waals surface area contributed by atoms with Crippen molar-refractivity contribution >= 4 is 0 Å². The first-order valence-corrected chi connectivity index (χ1v) is 9.12. The van der Waals surface area contributed by atoms with E-state index < -0.39 is 0 Å². The Morgan fingerprint density at radius 1 is 1.36 bits per heavy atom. The number of ether oxygens (including phenoxy) is 2. The summed E-state index contributed by atoms with van der Waals surface area (Å²) in [6.07, 6.45) is 6.22. The second kappa shape index (κ2) is 6.46. The number of hydrogen-bond donors (Lipinski definition) is 1. The molecule has 3 heterocycles. The van der Waals surface area contributed by atoms with Gasteiger partial charge in [0.25, 0.3) is 0 Å². The number of nitrogens with zero attached hydrogens (tertiary/aromatic N) is 2. The molecular weight excluding hydrogens is 314 g/mol. The fraction of sp³-hybridized carbons (Fsp3) is 0.550. The van der Waals surface area contributed by atoms with E-state index in [2.05, 4.69) is 48.7 Å². The van der Waals surface area contributed by atoms with Gasteiger partial charge >= 0.3 is 0 Å². The Morgan fingerprint density at radius 3 is 3.04 bits per heavy atom. The van der Waals surface area contributed by atoms with Crippen molar-refractivity contribution in [2.75, 3.05) is 13.2 Å². The maximum Gasteiger partial charge on any atom is 0.123 e. The van der Waals surface area contributed by atoms with Gasteiger partial charge in [0.2, 0.25) is 0 Å². The van der Waals surface area contributed by atoms with E-state index in [1.165, 1.54) is 16.7 Å². The molecule has 5 nitrogen and oxygen atoms in total. The van der Waals surface area contributed by atoms with Gasteiger partial charge in [0.15, 0.2) is 0 Å². The van der Waals surface area contributed by atoms with Gasteiger partial charge in [-0.3, -0.25) is 4.68 Å². The third-order valence-corrected chi connectivity index (χ3v) is 5.13. The molecule has 2 aromatic rings. The first-order chi connectivity index (χ1) is 12.0. The summed E-state index contributed by atoms with van der Waals surface area (Å²) in [5, 5.41) is 7.89. The van der Waals surface area contributed by atoms with Crippen LogP contribution in [0.5, 0.6) is 5.75 Å². The molecule has 2 atom stereocenters. The van der Waals surface area contributed by atoms with E-state index in [-0.39, 0.29) is 11.7 Å². The van der Waals surface area contributed by atoms with E-state index in [1.807, 2.05) is 17.9 Å². The Bertz CT molecular complexity index is 753. The predicted octanol–water partition coefficient (Wildman–Crippen LogP) is 3.00. The average molecular weight is 341 g/mol. The van der Waals surface area contributed by atoms with Gasteiger partial charge in [-0.1, -0.05) is 12.1 Å². The van der Waals surface area contributed by atoms with Crippen molar-refractivity contribution in [3.63, 3.8) is 0 Å². The SMILES string of the molecule is Cn1cc([C@H]2OCC[C@@H]2CNCc2ccc3c(c2)CC(C)(C)O3)cn1. The van der Waals surface area contributed by atoms with Gasteiger partial charge in [0.05, 0.1) is 12.3 Å². The quantitative estimate of drug-likeness (QED) is 0.908. The van der Waals surface area contributed by atoms with Crippen LogP contribution in [0.4, 0.5) is 0 Å². The molecule has 1 aromatic carbocycles. The third kappa shape index (κ3) is 3.58.